The lowest BCUT2D eigenvalue weighted by Crippen LogP contribution is -2.34. The molecular weight excluding hydrogens is 524 g/mol. The zero-order valence-corrected chi connectivity index (χ0v) is 22.2. The Bertz CT molecular complexity index is 1510. The summed E-state index contributed by atoms with van der Waals surface area (Å²) in [5, 5.41) is 18.0. The van der Waals surface area contributed by atoms with Gasteiger partial charge in [-0.1, -0.05) is 11.6 Å². The molecule has 4 aromatic rings. The van der Waals surface area contributed by atoms with Gasteiger partial charge in [0.25, 0.3) is 11.6 Å². The van der Waals surface area contributed by atoms with Crippen molar-refractivity contribution in [1.29, 1.82) is 0 Å². The molecule has 0 spiro atoms. The van der Waals surface area contributed by atoms with E-state index in [-0.39, 0.29) is 16.4 Å². The third kappa shape index (κ3) is 5.46. The van der Waals surface area contributed by atoms with E-state index in [1.54, 1.807) is 12.1 Å². The molecule has 0 unspecified atom stereocenters. The first-order chi connectivity index (χ1) is 18.3. The predicted molar refractivity (Wildman–Crippen MR) is 154 cm³/mol. The van der Waals surface area contributed by atoms with Crippen molar-refractivity contribution in [2.75, 3.05) is 23.3 Å². The molecule has 9 nitrogen and oxygen atoms in total. The number of nitrogens with zero attached hydrogens (tertiary/aromatic N) is 3. The topological polar surface area (TPSA) is 116 Å². The molecule has 0 bridgehead atoms. The van der Waals surface area contributed by atoms with E-state index in [0.29, 0.717) is 22.2 Å². The van der Waals surface area contributed by atoms with Gasteiger partial charge in [-0.05, 0) is 92.5 Å². The van der Waals surface area contributed by atoms with Crippen molar-refractivity contribution in [2.24, 2.45) is 0 Å². The zero-order chi connectivity index (χ0) is 26.8. The average molecular weight is 549 g/mol. The Labute approximate surface area is 229 Å². The monoisotopic (exact) mass is 548 g/mol. The van der Waals surface area contributed by atoms with Gasteiger partial charge in [0.05, 0.1) is 16.0 Å². The molecule has 1 amide bonds. The van der Waals surface area contributed by atoms with Crippen molar-refractivity contribution in [3.63, 3.8) is 0 Å². The number of amides is 1. The second-order valence-corrected chi connectivity index (χ2v) is 10.0. The number of imidazole rings is 1. The Balaban J connectivity index is 1.25. The van der Waals surface area contributed by atoms with Crippen molar-refractivity contribution in [3.8, 4) is 11.4 Å². The van der Waals surface area contributed by atoms with Crippen LogP contribution < -0.4 is 15.5 Å². The van der Waals surface area contributed by atoms with Crippen LogP contribution in [0.5, 0.6) is 0 Å². The third-order valence-electron chi connectivity index (χ3n) is 6.54. The van der Waals surface area contributed by atoms with Gasteiger partial charge in [-0.2, -0.15) is 0 Å². The van der Waals surface area contributed by atoms with Crippen LogP contribution in [0.1, 0.15) is 35.2 Å². The van der Waals surface area contributed by atoms with E-state index in [2.05, 4.69) is 20.6 Å². The number of aryl methyl sites for hydroxylation is 1. The number of aromatic amines is 1. The lowest BCUT2D eigenvalue weighted by Gasteiger charge is -2.28. The van der Waals surface area contributed by atoms with E-state index >= 15 is 0 Å². The van der Waals surface area contributed by atoms with Crippen LogP contribution in [0.4, 0.5) is 17.1 Å². The Hall–Kier alpha value is -4.02. The summed E-state index contributed by atoms with van der Waals surface area (Å²) >= 11 is 11.5. The first kappa shape index (κ1) is 25.6. The number of aromatic nitrogens is 2. The molecule has 3 N–H and O–H groups in total. The van der Waals surface area contributed by atoms with E-state index in [0.717, 1.165) is 54.5 Å². The van der Waals surface area contributed by atoms with Crippen LogP contribution >= 0.6 is 23.8 Å². The number of thiocarbonyl (C=S) groups is 1. The average Bonchev–Trinajstić information content (AvgIpc) is 3.32. The van der Waals surface area contributed by atoms with Crippen molar-refractivity contribution < 1.29 is 9.72 Å². The second-order valence-electron chi connectivity index (χ2n) is 9.20. The van der Waals surface area contributed by atoms with E-state index in [1.807, 2.05) is 48.2 Å². The third-order valence-corrected chi connectivity index (χ3v) is 7.15. The Kier molecular flexibility index (Phi) is 7.26. The number of hydrogen-bond acceptors (Lipinski definition) is 6. The van der Waals surface area contributed by atoms with Gasteiger partial charge in [0.1, 0.15) is 11.5 Å². The maximum absolute atomic E-state index is 12.8. The first-order valence-corrected chi connectivity index (χ1v) is 13.0. The van der Waals surface area contributed by atoms with Crippen LogP contribution in [-0.2, 0) is 0 Å². The Morgan fingerprint density at radius 3 is 2.55 bits per heavy atom. The van der Waals surface area contributed by atoms with Gasteiger partial charge >= 0.3 is 0 Å². The summed E-state index contributed by atoms with van der Waals surface area (Å²) in [6.45, 7) is 3.48. The molecule has 1 aromatic heterocycles. The number of nitrogens with one attached hydrogen (secondary N) is 3. The number of halogens is 1. The number of fused-ring (bicyclic) bond motifs is 1. The molecule has 0 atom stereocenters. The minimum absolute atomic E-state index is 0.0827. The van der Waals surface area contributed by atoms with Crippen LogP contribution in [0, 0.1) is 17.0 Å². The molecule has 38 heavy (non-hydrogen) atoms. The van der Waals surface area contributed by atoms with Crippen molar-refractivity contribution >= 4 is 62.9 Å². The first-order valence-electron chi connectivity index (χ1n) is 12.2. The highest BCUT2D eigenvalue weighted by molar-refractivity contribution is 7.80. The van der Waals surface area contributed by atoms with Crippen LogP contribution in [0.2, 0.25) is 5.02 Å². The SMILES string of the molecule is Cc1cc2[nH]c(-c3ccc(NC(=S)NC(=O)c4ccc(N5CCCCC5)c([N+](=O)[O-])c4)cc3)nc2cc1Cl. The fraction of sp³-hybridized carbons (Fsp3) is 0.222. The number of H-pyrrole nitrogens is 1. The van der Waals surface area contributed by atoms with Gasteiger partial charge in [-0.25, -0.2) is 4.98 Å². The molecule has 0 saturated carbocycles. The van der Waals surface area contributed by atoms with Gasteiger partial charge < -0.3 is 15.2 Å². The summed E-state index contributed by atoms with van der Waals surface area (Å²) in [5.41, 5.74) is 4.81. The van der Waals surface area contributed by atoms with Gasteiger partial charge in [-0.15, -0.1) is 0 Å². The minimum Gasteiger partial charge on any atom is -0.366 e. The quantitative estimate of drug-likeness (QED) is 0.154. The van der Waals surface area contributed by atoms with Crippen LogP contribution in [0.3, 0.4) is 0 Å². The Morgan fingerprint density at radius 1 is 1.11 bits per heavy atom. The van der Waals surface area contributed by atoms with Crippen LogP contribution in [-0.4, -0.2) is 39.0 Å². The molecule has 194 valence electrons. The molecular formula is C27H25ClN6O3S. The highest BCUT2D eigenvalue weighted by Crippen LogP contribution is 2.31. The number of carbonyl (C=O) groups excluding carboxylic acids is 1. The minimum atomic E-state index is -0.524. The molecule has 1 saturated heterocycles. The molecule has 5 rings (SSSR count). The summed E-state index contributed by atoms with van der Waals surface area (Å²) in [7, 11) is 0. The second kappa shape index (κ2) is 10.8. The summed E-state index contributed by atoms with van der Waals surface area (Å²) in [5.74, 6) is 0.183. The molecule has 0 radical (unpaired) electrons. The van der Waals surface area contributed by atoms with Crippen molar-refractivity contribution in [3.05, 3.63) is 80.9 Å². The van der Waals surface area contributed by atoms with E-state index in [4.69, 9.17) is 23.8 Å². The van der Waals surface area contributed by atoms with Gasteiger partial charge in [0.2, 0.25) is 0 Å². The number of rotatable bonds is 5. The zero-order valence-electron chi connectivity index (χ0n) is 20.6. The molecule has 1 aliphatic heterocycles. The number of hydrogen-bond donors (Lipinski definition) is 3. The van der Waals surface area contributed by atoms with Crippen molar-refractivity contribution in [2.45, 2.75) is 26.2 Å². The van der Waals surface area contributed by atoms with Gasteiger partial charge in [0, 0.05) is 41.0 Å². The van der Waals surface area contributed by atoms with Gasteiger partial charge in [0.15, 0.2) is 5.11 Å². The maximum atomic E-state index is 12.8. The highest BCUT2D eigenvalue weighted by atomic mass is 35.5. The predicted octanol–water partition coefficient (Wildman–Crippen LogP) is 6.22. The molecule has 3 aromatic carbocycles. The molecule has 0 aliphatic carbocycles. The van der Waals surface area contributed by atoms with E-state index in [1.165, 1.54) is 6.07 Å². The van der Waals surface area contributed by atoms with Gasteiger partial charge in [-0.3, -0.25) is 20.2 Å². The number of nitro benzene ring substituents is 1. The van der Waals surface area contributed by atoms with Crippen LogP contribution in [0.15, 0.2) is 54.6 Å². The largest absolute Gasteiger partial charge is 0.366 e. The smallest absolute Gasteiger partial charge is 0.293 e. The summed E-state index contributed by atoms with van der Waals surface area (Å²) < 4.78 is 0. The summed E-state index contributed by atoms with van der Waals surface area (Å²) in [6, 6.07) is 15.7. The van der Waals surface area contributed by atoms with E-state index < -0.39 is 10.8 Å². The van der Waals surface area contributed by atoms with Crippen molar-refractivity contribution in [1.82, 2.24) is 15.3 Å². The molecule has 11 heteroatoms. The lowest BCUT2D eigenvalue weighted by molar-refractivity contribution is -0.384. The standard InChI is InChI=1S/C27H25ClN6O3S/c1-16-13-21-22(15-20(16)28)31-25(30-21)17-5-8-19(9-6-17)29-27(38)32-26(35)18-7-10-23(24(14-18)34(36)37)33-11-3-2-4-12-33/h5-10,13-15H,2-4,11-12H2,1H3,(H,30,31)(H2,29,32,35,38). The lowest BCUT2D eigenvalue weighted by atomic mass is 10.1. The summed E-state index contributed by atoms with van der Waals surface area (Å²) in [6.07, 6.45) is 3.10. The Morgan fingerprint density at radius 2 is 1.84 bits per heavy atom. The number of benzene rings is 3. The molecule has 1 fully saturated rings. The highest BCUT2D eigenvalue weighted by Gasteiger charge is 2.23. The maximum Gasteiger partial charge on any atom is 0.293 e. The number of piperidine rings is 1. The number of nitro groups is 1. The molecule has 2 heterocycles. The summed E-state index contributed by atoms with van der Waals surface area (Å²) in [4.78, 5) is 34.0. The van der Waals surface area contributed by atoms with E-state index in [9.17, 15) is 14.9 Å². The normalized spacial score (nSPS) is 13.4. The number of carbonyl (C=O) groups is 1. The molecule has 1 aliphatic rings. The van der Waals surface area contributed by atoms with Crippen LogP contribution in [0.25, 0.3) is 22.4 Å². The fourth-order valence-corrected chi connectivity index (χ4v) is 4.91. The number of anilines is 2. The fourth-order valence-electron chi connectivity index (χ4n) is 4.54.